The average molecular weight is 386 g/mol. The minimum absolute atomic E-state index is 0.0752. The fraction of sp³-hybridized carbons (Fsp3) is 0.870. The summed E-state index contributed by atoms with van der Waals surface area (Å²) in [6.07, 6.45) is 13.6. The number of aliphatic hydroxyl groups is 1. The van der Waals surface area contributed by atoms with E-state index in [1.807, 2.05) is 0 Å². The van der Waals surface area contributed by atoms with Crippen molar-refractivity contribution in [3.05, 3.63) is 12.7 Å². The average Bonchev–Trinajstić information content (AvgIpc) is 3.29. The van der Waals surface area contributed by atoms with Crippen molar-refractivity contribution >= 4 is 5.78 Å². The number of Topliss-reactive ketones (excluding diaryl/α,β-unsaturated/α-hetero) is 1. The Labute approximate surface area is 168 Å². The molecule has 0 spiro atoms. The fourth-order valence-electron chi connectivity index (χ4n) is 8.35. The van der Waals surface area contributed by atoms with Gasteiger partial charge in [-0.25, -0.2) is 9.67 Å². The molecular weight excluding hydrogens is 350 g/mol. The van der Waals surface area contributed by atoms with Crippen molar-refractivity contribution in [2.75, 3.05) is 0 Å². The van der Waals surface area contributed by atoms with E-state index in [0.29, 0.717) is 29.6 Å². The Bertz CT molecular complexity index is 734. The Morgan fingerprint density at radius 3 is 2.64 bits per heavy atom. The number of fused-ring (bicyclic) bond motifs is 5. The van der Waals surface area contributed by atoms with Gasteiger partial charge in [-0.2, -0.15) is 5.10 Å². The summed E-state index contributed by atoms with van der Waals surface area (Å²) in [6.45, 7) is 5.33. The van der Waals surface area contributed by atoms with Gasteiger partial charge < -0.3 is 5.11 Å². The Hall–Kier alpha value is -1.23. The molecule has 1 aromatic heterocycles. The molecule has 154 valence electrons. The largest absolute Gasteiger partial charge is 0.393 e. The highest BCUT2D eigenvalue weighted by Crippen LogP contribution is 2.67. The third-order valence-electron chi connectivity index (χ3n) is 9.81. The number of carbonyl (C=O) groups is 1. The van der Waals surface area contributed by atoms with Crippen LogP contribution >= 0.6 is 0 Å². The minimum atomic E-state index is -0.0752. The van der Waals surface area contributed by atoms with Crippen LogP contribution in [0.15, 0.2) is 12.7 Å². The molecule has 1 aromatic rings. The van der Waals surface area contributed by atoms with Crippen LogP contribution in [0.5, 0.6) is 0 Å². The van der Waals surface area contributed by atoms with E-state index in [2.05, 4.69) is 23.9 Å². The monoisotopic (exact) mass is 385 g/mol. The molecule has 28 heavy (non-hydrogen) atoms. The highest BCUT2D eigenvalue weighted by Gasteiger charge is 2.61. The first kappa shape index (κ1) is 18.8. The van der Waals surface area contributed by atoms with Gasteiger partial charge in [0.25, 0.3) is 0 Å². The molecule has 4 aliphatic rings. The van der Waals surface area contributed by atoms with E-state index >= 15 is 0 Å². The lowest BCUT2D eigenvalue weighted by Crippen LogP contribution is -2.54. The third kappa shape index (κ3) is 2.72. The molecular formula is C23H35N3O2. The molecule has 0 aliphatic heterocycles. The number of ketones is 1. The lowest BCUT2D eigenvalue weighted by atomic mass is 9.44. The van der Waals surface area contributed by atoms with Crippen molar-refractivity contribution in [1.29, 1.82) is 0 Å². The Morgan fingerprint density at radius 1 is 1.07 bits per heavy atom. The minimum Gasteiger partial charge on any atom is -0.393 e. The maximum Gasteiger partial charge on any atom is 0.157 e. The van der Waals surface area contributed by atoms with Gasteiger partial charge in [-0.1, -0.05) is 13.8 Å². The molecule has 1 N–H and O–H groups in total. The summed E-state index contributed by atoms with van der Waals surface area (Å²) in [5.41, 5.74) is 0.572. The van der Waals surface area contributed by atoms with Gasteiger partial charge in [0.15, 0.2) is 5.78 Å². The van der Waals surface area contributed by atoms with Crippen LogP contribution in [0.1, 0.15) is 71.6 Å². The first-order valence-corrected chi connectivity index (χ1v) is 11.4. The molecule has 4 fully saturated rings. The van der Waals surface area contributed by atoms with Gasteiger partial charge in [0, 0.05) is 5.92 Å². The number of nitrogens with zero attached hydrogens (tertiary/aromatic N) is 3. The van der Waals surface area contributed by atoms with Crippen molar-refractivity contribution in [2.45, 2.75) is 84.3 Å². The molecule has 0 radical (unpaired) electrons. The van der Waals surface area contributed by atoms with E-state index in [4.69, 9.17) is 0 Å². The maximum absolute atomic E-state index is 13.1. The Balaban J connectivity index is 1.36. The van der Waals surface area contributed by atoms with Crippen LogP contribution in [-0.2, 0) is 11.3 Å². The van der Waals surface area contributed by atoms with Crippen molar-refractivity contribution in [3.8, 4) is 0 Å². The first-order valence-electron chi connectivity index (χ1n) is 11.4. The second-order valence-corrected chi connectivity index (χ2v) is 10.8. The van der Waals surface area contributed by atoms with Crippen LogP contribution in [0.4, 0.5) is 0 Å². The third-order valence-corrected chi connectivity index (χ3v) is 9.81. The van der Waals surface area contributed by atoms with E-state index in [1.54, 1.807) is 11.0 Å². The van der Waals surface area contributed by atoms with Crippen molar-refractivity contribution < 1.29 is 9.90 Å². The standard InChI is InChI=1S/C23H35N3O2/c1-22-9-7-16(27)11-15(22)3-4-17-18-5-6-20(23(18,2)10-8-19(17)22)21(28)12-26-14-24-13-25-26/h13-20,27H,3-12H2,1-2H3/t15?,16?,17-,18-,19-,20+,22-,23-/m0/s1. The fourth-order valence-corrected chi connectivity index (χ4v) is 8.35. The van der Waals surface area contributed by atoms with E-state index in [9.17, 15) is 9.90 Å². The summed E-state index contributed by atoms with van der Waals surface area (Å²) in [7, 11) is 0. The zero-order valence-electron chi connectivity index (χ0n) is 17.4. The second-order valence-electron chi connectivity index (χ2n) is 10.8. The summed E-state index contributed by atoms with van der Waals surface area (Å²) in [6, 6.07) is 0. The van der Waals surface area contributed by atoms with Gasteiger partial charge in [0.1, 0.15) is 19.2 Å². The number of carbonyl (C=O) groups excluding carboxylic acids is 1. The van der Waals surface area contributed by atoms with E-state index < -0.39 is 0 Å². The molecule has 0 amide bonds. The molecule has 0 saturated heterocycles. The Morgan fingerprint density at radius 2 is 1.86 bits per heavy atom. The molecule has 4 aliphatic carbocycles. The van der Waals surface area contributed by atoms with Gasteiger partial charge >= 0.3 is 0 Å². The smallest absolute Gasteiger partial charge is 0.157 e. The maximum atomic E-state index is 13.1. The van der Waals surface area contributed by atoms with Crippen molar-refractivity contribution in [3.63, 3.8) is 0 Å². The van der Waals surface area contributed by atoms with Gasteiger partial charge in [0.05, 0.1) is 6.10 Å². The summed E-state index contributed by atoms with van der Waals surface area (Å²) < 4.78 is 1.68. The predicted octanol–water partition coefficient (Wildman–Crippen LogP) is 3.87. The van der Waals surface area contributed by atoms with E-state index in [-0.39, 0.29) is 17.4 Å². The zero-order valence-corrected chi connectivity index (χ0v) is 17.4. The highest BCUT2D eigenvalue weighted by molar-refractivity contribution is 5.82. The van der Waals surface area contributed by atoms with E-state index in [0.717, 1.165) is 31.1 Å². The number of aliphatic hydroxyl groups excluding tert-OH is 1. The number of aromatic nitrogens is 3. The molecule has 5 nitrogen and oxygen atoms in total. The van der Waals surface area contributed by atoms with Crippen LogP contribution in [0, 0.1) is 40.4 Å². The van der Waals surface area contributed by atoms with Crippen LogP contribution in [0.2, 0.25) is 0 Å². The molecule has 2 unspecified atom stereocenters. The van der Waals surface area contributed by atoms with Gasteiger partial charge in [0.2, 0.25) is 0 Å². The molecule has 5 heteroatoms. The number of hydrogen-bond donors (Lipinski definition) is 1. The number of rotatable bonds is 3. The van der Waals surface area contributed by atoms with Gasteiger partial charge in [-0.15, -0.1) is 0 Å². The predicted molar refractivity (Wildman–Crippen MR) is 106 cm³/mol. The molecule has 4 saturated carbocycles. The van der Waals surface area contributed by atoms with Gasteiger partial charge in [-0.05, 0) is 92.3 Å². The van der Waals surface area contributed by atoms with Crippen LogP contribution < -0.4 is 0 Å². The molecule has 1 heterocycles. The van der Waals surface area contributed by atoms with Crippen LogP contribution in [0.25, 0.3) is 0 Å². The quantitative estimate of drug-likeness (QED) is 0.858. The summed E-state index contributed by atoms with van der Waals surface area (Å²) in [4.78, 5) is 17.1. The van der Waals surface area contributed by atoms with Crippen LogP contribution in [-0.4, -0.2) is 31.8 Å². The topological polar surface area (TPSA) is 68.0 Å². The first-order chi connectivity index (χ1) is 13.4. The molecule has 0 bridgehead atoms. The Kier molecular flexibility index (Phi) is 4.46. The van der Waals surface area contributed by atoms with E-state index in [1.165, 1.54) is 44.9 Å². The second kappa shape index (κ2) is 6.65. The summed E-state index contributed by atoms with van der Waals surface area (Å²) in [5.74, 6) is 3.50. The molecule has 5 rings (SSSR count). The van der Waals surface area contributed by atoms with Crippen molar-refractivity contribution in [2.24, 2.45) is 40.4 Å². The summed E-state index contributed by atoms with van der Waals surface area (Å²) >= 11 is 0. The van der Waals surface area contributed by atoms with Crippen molar-refractivity contribution in [1.82, 2.24) is 14.8 Å². The normalized spacial score (nSPS) is 47.8. The van der Waals surface area contributed by atoms with Crippen LogP contribution in [0.3, 0.4) is 0 Å². The van der Waals surface area contributed by atoms with Gasteiger partial charge in [-0.3, -0.25) is 4.79 Å². The molecule has 8 atom stereocenters. The number of hydrogen-bond acceptors (Lipinski definition) is 4. The summed E-state index contributed by atoms with van der Waals surface area (Å²) in [5, 5.41) is 14.3. The highest BCUT2D eigenvalue weighted by atomic mass is 16.3. The SMILES string of the molecule is C[C@]12CC[C@H]3[C@@H](CCC4CC(O)CC[C@@]43C)[C@@H]1CC[C@@H]2C(=O)Cn1cncn1. The lowest BCUT2D eigenvalue weighted by Gasteiger charge is -2.60. The zero-order chi connectivity index (χ0) is 19.5. The lowest BCUT2D eigenvalue weighted by molar-refractivity contribution is -0.140. The molecule has 0 aromatic carbocycles.